The maximum absolute atomic E-state index is 13.3. The molecular weight excluding hydrogens is 562 g/mol. The fourth-order valence-electron chi connectivity index (χ4n) is 3.98. The van der Waals surface area contributed by atoms with Crippen molar-refractivity contribution in [3.63, 3.8) is 0 Å². The summed E-state index contributed by atoms with van der Waals surface area (Å²) in [5.41, 5.74) is 8.01. The van der Waals surface area contributed by atoms with Crippen LogP contribution in [0.2, 0.25) is 10.0 Å². The van der Waals surface area contributed by atoms with Crippen LogP contribution in [0.4, 0.5) is 18.9 Å². The van der Waals surface area contributed by atoms with Crippen molar-refractivity contribution in [2.24, 2.45) is 0 Å². The Bertz CT molecular complexity index is 1690. The minimum atomic E-state index is -4.62. The first kappa shape index (κ1) is 26.1. The van der Waals surface area contributed by atoms with Gasteiger partial charge in [0.1, 0.15) is 0 Å². The van der Waals surface area contributed by atoms with Crippen molar-refractivity contribution in [2.75, 3.05) is 11.3 Å². The van der Waals surface area contributed by atoms with Crippen LogP contribution in [0.3, 0.4) is 0 Å². The van der Waals surface area contributed by atoms with E-state index in [-0.39, 0.29) is 4.90 Å². The quantitative estimate of drug-likeness (QED) is 0.297. The number of nitrogens with one attached hydrogen (secondary N) is 2. The van der Waals surface area contributed by atoms with Gasteiger partial charge in [0.05, 0.1) is 33.3 Å². The molecule has 0 unspecified atom stereocenters. The van der Waals surface area contributed by atoms with Crippen LogP contribution in [-0.2, 0) is 16.0 Å². The molecule has 38 heavy (non-hydrogen) atoms. The summed E-state index contributed by atoms with van der Waals surface area (Å²) in [5, 5.41) is 2.41. The predicted octanol–water partition coefficient (Wildman–Crippen LogP) is 6.10. The highest BCUT2D eigenvalue weighted by Gasteiger charge is 2.34. The molecule has 0 saturated heterocycles. The van der Waals surface area contributed by atoms with Crippen LogP contribution in [0.15, 0.2) is 84.3 Å². The van der Waals surface area contributed by atoms with Crippen molar-refractivity contribution in [1.29, 1.82) is 0 Å². The smallest absolute Gasteiger partial charge is 0.309 e. The van der Waals surface area contributed by atoms with Gasteiger partial charge in [-0.2, -0.15) is 13.2 Å². The second-order valence-corrected chi connectivity index (χ2v) is 11.3. The standard InChI is InChI=1S/C25H18Cl2F3N5O2S/c1-38(36,37)18-4-2-3-15(9-18)16-5-8-21(34-13-24(31-14-34)25(28,29)30)22(10-16)35-23(12-32-33-35)19-7-6-17(26)11-20(19)27/h2-14,32-33H,1H3. The van der Waals surface area contributed by atoms with Gasteiger partial charge in [-0.1, -0.05) is 41.4 Å². The van der Waals surface area contributed by atoms with E-state index in [0.717, 1.165) is 18.8 Å². The number of anilines is 1. The molecule has 0 fully saturated rings. The second kappa shape index (κ2) is 9.66. The third-order valence-electron chi connectivity index (χ3n) is 5.80. The monoisotopic (exact) mass is 579 g/mol. The van der Waals surface area contributed by atoms with Crippen LogP contribution in [0.1, 0.15) is 11.3 Å². The van der Waals surface area contributed by atoms with Crippen molar-refractivity contribution in [3.05, 3.63) is 101 Å². The molecule has 0 aliphatic carbocycles. The molecule has 3 aromatic carbocycles. The zero-order valence-corrected chi connectivity index (χ0v) is 21.8. The van der Waals surface area contributed by atoms with E-state index in [1.165, 1.54) is 16.7 Å². The summed E-state index contributed by atoms with van der Waals surface area (Å²) in [7, 11) is -3.46. The molecule has 1 aromatic heterocycles. The number of aromatic nitrogens is 2. The molecule has 1 aliphatic heterocycles. The van der Waals surface area contributed by atoms with E-state index < -0.39 is 21.7 Å². The Morgan fingerprint density at radius 1 is 0.947 bits per heavy atom. The maximum Gasteiger partial charge on any atom is 0.434 e. The van der Waals surface area contributed by atoms with Crippen molar-refractivity contribution >= 4 is 44.4 Å². The molecule has 0 atom stereocenters. The second-order valence-electron chi connectivity index (χ2n) is 8.41. The Labute approximate surface area is 226 Å². The van der Waals surface area contributed by atoms with Gasteiger partial charge in [0.15, 0.2) is 15.5 Å². The lowest BCUT2D eigenvalue weighted by atomic mass is 10.0. The van der Waals surface area contributed by atoms with E-state index >= 15 is 0 Å². The number of alkyl halides is 3. The van der Waals surface area contributed by atoms with E-state index in [9.17, 15) is 21.6 Å². The van der Waals surface area contributed by atoms with Crippen LogP contribution in [0.5, 0.6) is 0 Å². The largest absolute Gasteiger partial charge is 0.434 e. The molecule has 0 radical (unpaired) electrons. The number of imidazole rings is 1. The highest BCUT2D eigenvalue weighted by molar-refractivity contribution is 7.90. The first-order chi connectivity index (χ1) is 17.9. The number of hydrogen-bond acceptors (Lipinski definition) is 6. The zero-order chi connectivity index (χ0) is 27.2. The molecular formula is C25H18Cl2F3N5O2S. The average Bonchev–Trinajstić information content (AvgIpc) is 3.54. The van der Waals surface area contributed by atoms with Crippen LogP contribution >= 0.6 is 23.2 Å². The van der Waals surface area contributed by atoms with Gasteiger partial charge in [0.2, 0.25) is 0 Å². The van der Waals surface area contributed by atoms with Gasteiger partial charge >= 0.3 is 6.18 Å². The molecule has 0 amide bonds. The normalized spacial score (nSPS) is 13.9. The number of sulfone groups is 1. The van der Waals surface area contributed by atoms with Gasteiger partial charge < -0.3 is 9.99 Å². The topological polar surface area (TPSA) is 79.3 Å². The van der Waals surface area contributed by atoms with Gasteiger partial charge in [-0.05, 0) is 53.6 Å². The van der Waals surface area contributed by atoms with Gasteiger partial charge in [-0.15, -0.1) is 5.53 Å². The van der Waals surface area contributed by atoms with Crippen LogP contribution in [0, 0.1) is 0 Å². The Balaban J connectivity index is 1.67. The number of halogens is 5. The fourth-order valence-corrected chi connectivity index (χ4v) is 5.16. The van der Waals surface area contributed by atoms with Crippen molar-refractivity contribution in [1.82, 2.24) is 20.5 Å². The summed E-state index contributed by atoms with van der Waals surface area (Å²) in [6.07, 6.45) is 0.112. The summed E-state index contributed by atoms with van der Waals surface area (Å²) < 4.78 is 65.4. The molecule has 2 N–H and O–H groups in total. The molecule has 196 valence electrons. The number of hydrazine groups is 2. The third kappa shape index (κ3) is 5.10. The predicted molar refractivity (Wildman–Crippen MR) is 140 cm³/mol. The summed E-state index contributed by atoms with van der Waals surface area (Å²) in [4.78, 5) is 3.66. The van der Waals surface area contributed by atoms with Crippen molar-refractivity contribution < 1.29 is 21.6 Å². The minimum absolute atomic E-state index is 0.138. The minimum Gasteiger partial charge on any atom is -0.309 e. The molecule has 2 heterocycles. The first-order valence-electron chi connectivity index (χ1n) is 10.9. The summed E-state index contributed by atoms with van der Waals surface area (Å²) in [6.45, 7) is 0. The van der Waals surface area contributed by atoms with E-state index in [0.29, 0.717) is 43.8 Å². The Morgan fingerprint density at radius 2 is 1.71 bits per heavy atom. The van der Waals surface area contributed by atoms with Crippen LogP contribution < -0.4 is 16.0 Å². The van der Waals surface area contributed by atoms with E-state index in [1.807, 2.05) is 0 Å². The highest BCUT2D eigenvalue weighted by atomic mass is 35.5. The number of benzene rings is 3. The van der Waals surface area contributed by atoms with Crippen molar-refractivity contribution in [3.8, 4) is 16.8 Å². The van der Waals surface area contributed by atoms with Crippen LogP contribution in [-0.4, -0.2) is 24.2 Å². The lowest BCUT2D eigenvalue weighted by Crippen LogP contribution is -2.37. The molecule has 4 aromatic rings. The molecule has 13 heteroatoms. The number of hydrogen-bond donors (Lipinski definition) is 2. The molecule has 1 aliphatic rings. The number of rotatable bonds is 5. The van der Waals surface area contributed by atoms with Gasteiger partial charge in [0, 0.05) is 29.2 Å². The molecule has 0 spiro atoms. The summed E-state index contributed by atoms with van der Waals surface area (Å²) in [5.74, 6) is 0. The van der Waals surface area contributed by atoms with Crippen molar-refractivity contribution in [2.45, 2.75) is 11.1 Å². The third-order valence-corrected chi connectivity index (χ3v) is 7.45. The Kier molecular flexibility index (Phi) is 6.64. The van der Waals surface area contributed by atoms with E-state index in [2.05, 4.69) is 15.9 Å². The Hall–Kier alpha value is -3.51. The molecule has 0 saturated carbocycles. The lowest BCUT2D eigenvalue weighted by molar-refractivity contribution is -0.140. The zero-order valence-electron chi connectivity index (χ0n) is 19.5. The van der Waals surface area contributed by atoms with Crippen LogP contribution in [0.25, 0.3) is 22.5 Å². The van der Waals surface area contributed by atoms with E-state index in [4.69, 9.17) is 23.2 Å². The molecule has 0 bridgehead atoms. The lowest BCUT2D eigenvalue weighted by Gasteiger charge is -2.25. The fraction of sp³-hybridized carbons (Fsp3) is 0.0800. The Morgan fingerprint density at radius 3 is 2.39 bits per heavy atom. The van der Waals surface area contributed by atoms with Gasteiger partial charge in [0.25, 0.3) is 0 Å². The SMILES string of the molecule is CS(=O)(=O)c1cccc(-c2ccc(-n3cnc(C(F)(F)F)c3)c(N3NNC=C3c3ccc(Cl)cc3Cl)c2)c1. The maximum atomic E-state index is 13.3. The molecule has 7 nitrogen and oxygen atoms in total. The average molecular weight is 580 g/mol. The summed E-state index contributed by atoms with van der Waals surface area (Å²) in [6, 6.07) is 16.4. The highest BCUT2D eigenvalue weighted by Crippen LogP contribution is 2.38. The first-order valence-corrected chi connectivity index (χ1v) is 13.6. The van der Waals surface area contributed by atoms with E-state index in [1.54, 1.807) is 59.7 Å². The van der Waals surface area contributed by atoms with Gasteiger partial charge in [-0.3, -0.25) is 5.01 Å². The molecule has 5 rings (SSSR count). The summed E-state index contributed by atoms with van der Waals surface area (Å²) >= 11 is 12.5. The van der Waals surface area contributed by atoms with Gasteiger partial charge in [-0.25, -0.2) is 13.4 Å². The number of nitrogens with zero attached hydrogens (tertiary/aromatic N) is 3.